The number of urea groups is 1. The van der Waals surface area contributed by atoms with Crippen LogP contribution in [0.5, 0.6) is 0 Å². The van der Waals surface area contributed by atoms with E-state index in [0.29, 0.717) is 26.3 Å². The number of pyridine rings is 1. The van der Waals surface area contributed by atoms with E-state index >= 15 is 0 Å². The minimum absolute atomic E-state index is 0.0320. The molecule has 0 saturated carbocycles. The average Bonchev–Trinajstić information content (AvgIpc) is 3.46. The predicted molar refractivity (Wildman–Crippen MR) is 102 cm³/mol. The number of ether oxygens (including phenoxy) is 1. The minimum Gasteiger partial charge on any atom is -0.378 e. The molecule has 0 unspecified atom stereocenters. The Morgan fingerprint density at radius 3 is 2.82 bits per heavy atom. The van der Waals surface area contributed by atoms with Crippen LogP contribution in [0.1, 0.15) is 24.6 Å². The number of likely N-dealkylation sites (tertiary alicyclic amines) is 1. The topological polar surface area (TPSA) is 80.8 Å². The molecule has 5 rings (SSSR count). The van der Waals surface area contributed by atoms with Gasteiger partial charge in [0.15, 0.2) is 0 Å². The molecule has 5 heterocycles. The van der Waals surface area contributed by atoms with Crippen LogP contribution in [0.3, 0.4) is 0 Å². The number of carbonyl (C=O) groups is 1. The summed E-state index contributed by atoms with van der Waals surface area (Å²) in [5.74, 6) is 0. The maximum atomic E-state index is 13.0. The third-order valence-corrected chi connectivity index (χ3v) is 5.65. The van der Waals surface area contributed by atoms with Gasteiger partial charge in [0.05, 0.1) is 30.5 Å². The highest BCUT2D eigenvalue weighted by molar-refractivity contribution is 5.76. The molecular formula is C19H23N7O2. The van der Waals surface area contributed by atoms with Gasteiger partial charge in [0.25, 0.3) is 0 Å². The highest BCUT2D eigenvalue weighted by Gasteiger charge is 2.35. The second-order valence-electron chi connectivity index (χ2n) is 7.30. The molecule has 146 valence electrons. The van der Waals surface area contributed by atoms with Crippen molar-refractivity contribution < 1.29 is 9.53 Å². The molecule has 0 bridgehead atoms. The van der Waals surface area contributed by atoms with E-state index in [4.69, 9.17) is 4.74 Å². The van der Waals surface area contributed by atoms with Crippen LogP contribution in [0.25, 0.3) is 16.8 Å². The minimum atomic E-state index is -0.0320. The van der Waals surface area contributed by atoms with Gasteiger partial charge in [0.1, 0.15) is 5.69 Å². The molecule has 0 aliphatic carbocycles. The Kier molecular flexibility index (Phi) is 4.23. The van der Waals surface area contributed by atoms with E-state index in [1.807, 2.05) is 39.9 Å². The molecule has 2 amide bonds. The second kappa shape index (κ2) is 6.90. The van der Waals surface area contributed by atoms with E-state index in [9.17, 15) is 4.79 Å². The van der Waals surface area contributed by atoms with Crippen molar-refractivity contribution >= 4 is 11.5 Å². The second-order valence-corrected chi connectivity index (χ2v) is 7.30. The largest absolute Gasteiger partial charge is 0.378 e. The van der Waals surface area contributed by atoms with Crippen LogP contribution in [-0.4, -0.2) is 73.3 Å². The lowest BCUT2D eigenvalue weighted by Gasteiger charge is -2.33. The van der Waals surface area contributed by atoms with Crippen LogP contribution in [0.4, 0.5) is 4.79 Å². The van der Waals surface area contributed by atoms with Gasteiger partial charge in [0.2, 0.25) is 0 Å². The van der Waals surface area contributed by atoms with Crippen molar-refractivity contribution in [1.82, 2.24) is 34.4 Å². The fourth-order valence-corrected chi connectivity index (χ4v) is 4.18. The zero-order chi connectivity index (χ0) is 19.1. The lowest BCUT2D eigenvalue weighted by molar-refractivity contribution is 0.0421. The van der Waals surface area contributed by atoms with Gasteiger partial charge in [-0.1, -0.05) is 5.21 Å². The van der Waals surface area contributed by atoms with Crippen LogP contribution in [-0.2, 0) is 11.8 Å². The van der Waals surface area contributed by atoms with Gasteiger partial charge in [-0.3, -0.25) is 4.68 Å². The van der Waals surface area contributed by atoms with Crippen LogP contribution < -0.4 is 0 Å². The van der Waals surface area contributed by atoms with Crippen LogP contribution in [0.2, 0.25) is 0 Å². The highest BCUT2D eigenvalue weighted by Crippen LogP contribution is 2.34. The summed E-state index contributed by atoms with van der Waals surface area (Å²) in [6.07, 6.45) is 5.63. The first-order valence-electron chi connectivity index (χ1n) is 9.69. The molecule has 2 fully saturated rings. The van der Waals surface area contributed by atoms with Crippen LogP contribution >= 0.6 is 0 Å². The number of nitrogens with zero attached hydrogens (tertiary/aromatic N) is 7. The van der Waals surface area contributed by atoms with Gasteiger partial charge in [0, 0.05) is 44.6 Å². The molecular weight excluding hydrogens is 358 g/mol. The highest BCUT2D eigenvalue weighted by atomic mass is 16.5. The molecule has 0 N–H and O–H groups in total. The molecule has 0 aromatic carbocycles. The van der Waals surface area contributed by atoms with Crippen molar-refractivity contribution in [2.75, 3.05) is 32.8 Å². The van der Waals surface area contributed by atoms with E-state index in [1.165, 1.54) is 0 Å². The van der Waals surface area contributed by atoms with Crippen molar-refractivity contribution in [2.45, 2.75) is 18.9 Å². The summed E-state index contributed by atoms with van der Waals surface area (Å²) in [6.45, 7) is 3.27. The lowest BCUT2D eigenvalue weighted by Crippen LogP contribution is -2.47. The summed E-state index contributed by atoms with van der Waals surface area (Å²) >= 11 is 0. The van der Waals surface area contributed by atoms with E-state index in [0.717, 1.165) is 41.9 Å². The molecule has 1 atom stereocenters. The Morgan fingerprint density at radius 2 is 2.04 bits per heavy atom. The normalized spacial score (nSPS) is 20.2. The number of aryl methyl sites for hydroxylation is 1. The average molecular weight is 381 g/mol. The summed E-state index contributed by atoms with van der Waals surface area (Å²) in [5.41, 5.74) is 3.86. The van der Waals surface area contributed by atoms with Gasteiger partial charge < -0.3 is 14.5 Å². The fourth-order valence-electron chi connectivity index (χ4n) is 4.18. The molecule has 28 heavy (non-hydrogen) atoms. The van der Waals surface area contributed by atoms with Crippen molar-refractivity contribution in [3.8, 4) is 11.3 Å². The number of aromatic nitrogens is 5. The zero-order valence-corrected chi connectivity index (χ0v) is 15.9. The summed E-state index contributed by atoms with van der Waals surface area (Å²) < 4.78 is 9.01. The summed E-state index contributed by atoms with van der Waals surface area (Å²) in [6, 6.07) is 6.11. The predicted octanol–water partition coefficient (Wildman–Crippen LogP) is 1.72. The molecule has 0 spiro atoms. The van der Waals surface area contributed by atoms with Gasteiger partial charge in [-0.05, 0) is 31.0 Å². The van der Waals surface area contributed by atoms with E-state index < -0.39 is 0 Å². The lowest BCUT2D eigenvalue weighted by atomic mass is 10.1. The molecule has 9 nitrogen and oxygen atoms in total. The summed E-state index contributed by atoms with van der Waals surface area (Å²) in [5, 5.41) is 13.0. The van der Waals surface area contributed by atoms with E-state index in [2.05, 4.69) is 21.5 Å². The van der Waals surface area contributed by atoms with Gasteiger partial charge >= 0.3 is 6.03 Å². The maximum Gasteiger partial charge on any atom is 0.320 e. The molecule has 2 aliphatic rings. The van der Waals surface area contributed by atoms with Crippen molar-refractivity contribution in [3.63, 3.8) is 0 Å². The monoisotopic (exact) mass is 381 g/mol. The molecule has 3 aromatic heterocycles. The van der Waals surface area contributed by atoms with Crippen LogP contribution in [0, 0.1) is 0 Å². The molecule has 3 aromatic rings. The number of morpholine rings is 1. The molecule has 9 heteroatoms. The Balaban J connectivity index is 1.45. The van der Waals surface area contributed by atoms with Crippen molar-refractivity contribution in [2.24, 2.45) is 7.05 Å². The molecule has 0 radical (unpaired) electrons. The molecule has 2 aliphatic heterocycles. The number of amides is 2. The van der Waals surface area contributed by atoms with E-state index in [-0.39, 0.29) is 12.1 Å². The standard InChI is InChI=1S/C19H23N7O2/c1-23-15(6-7-20-23)14-4-5-17-18(21-22-26(17)13-14)16-3-2-8-25(16)19(27)24-9-11-28-12-10-24/h4-7,13,16H,2-3,8-12H2,1H3/t16-/m0/s1. The number of carbonyl (C=O) groups excluding carboxylic acids is 1. The number of hydrogen-bond acceptors (Lipinski definition) is 5. The van der Waals surface area contributed by atoms with Gasteiger partial charge in [-0.15, -0.1) is 5.10 Å². The summed E-state index contributed by atoms with van der Waals surface area (Å²) in [4.78, 5) is 16.9. The van der Waals surface area contributed by atoms with Crippen molar-refractivity contribution in [3.05, 3.63) is 36.3 Å². The first-order chi connectivity index (χ1) is 13.7. The maximum absolute atomic E-state index is 13.0. The number of hydrogen-bond donors (Lipinski definition) is 0. The smallest absolute Gasteiger partial charge is 0.320 e. The fraction of sp³-hybridized carbons (Fsp3) is 0.474. The Bertz CT molecular complexity index is 1000. The SMILES string of the molecule is Cn1nccc1-c1ccc2c([C@@H]3CCCN3C(=O)N3CCOCC3)nnn2c1. The van der Waals surface area contributed by atoms with Crippen LogP contribution in [0.15, 0.2) is 30.6 Å². The number of rotatable bonds is 2. The van der Waals surface area contributed by atoms with Gasteiger partial charge in [-0.2, -0.15) is 5.10 Å². The summed E-state index contributed by atoms with van der Waals surface area (Å²) in [7, 11) is 1.92. The Hall–Kier alpha value is -2.94. The quantitative estimate of drug-likeness (QED) is 0.675. The molecule has 2 saturated heterocycles. The Labute approximate surface area is 162 Å². The third kappa shape index (κ3) is 2.82. The Morgan fingerprint density at radius 1 is 1.18 bits per heavy atom. The number of fused-ring (bicyclic) bond motifs is 1. The van der Waals surface area contributed by atoms with Crippen molar-refractivity contribution in [1.29, 1.82) is 0 Å². The van der Waals surface area contributed by atoms with Gasteiger partial charge in [-0.25, -0.2) is 9.31 Å². The van der Waals surface area contributed by atoms with E-state index in [1.54, 1.807) is 10.7 Å². The zero-order valence-electron chi connectivity index (χ0n) is 15.9. The third-order valence-electron chi connectivity index (χ3n) is 5.65. The first-order valence-corrected chi connectivity index (χ1v) is 9.69. The first kappa shape index (κ1) is 17.2.